The molecule has 2 heteroatoms. The Bertz CT molecular complexity index is 341. The molecule has 0 unspecified atom stereocenters. The Morgan fingerprint density at radius 1 is 1.17 bits per heavy atom. The molecule has 2 nitrogen and oxygen atoms in total. The third kappa shape index (κ3) is 6.06. The van der Waals surface area contributed by atoms with Crippen molar-refractivity contribution in [3.63, 3.8) is 0 Å². The zero-order chi connectivity index (χ0) is 13.6. The number of aryl methyl sites for hydroxylation is 1. The average Bonchev–Trinajstić information content (AvgIpc) is 2.27. The number of hydrogen-bond donors (Lipinski definition) is 1. The lowest BCUT2D eigenvalue weighted by Gasteiger charge is -2.25. The summed E-state index contributed by atoms with van der Waals surface area (Å²) < 4.78 is 5.84. The van der Waals surface area contributed by atoms with Gasteiger partial charge >= 0.3 is 0 Å². The van der Waals surface area contributed by atoms with Crippen LogP contribution in [0.1, 0.15) is 33.3 Å². The highest BCUT2D eigenvalue weighted by atomic mass is 16.5. The lowest BCUT2D eigenvalue weighted by Crippen LogP contribution is -2.35. The molecule has 0 saturated carbocycles. The largest absolute Gasteiger partial charge is 0.493 e. The first-order chi connectivity index (χ1) is 8.39. The van der Waals surface area contributed by atoms with Crippen LogP contribution in [0.5, 0.6) is 5.75 Å². The molecule has 0 bridgehead atoms. The van der Waals surface area contributed by atoms with Crippen LogP contribution in [0, 0.1) is 18.3 Å². The van der Waals surface area contributed by atoms with Gasteiger partial charge in [0.05, 0.1) is 6.61 Å². The first kappa shape index (κ1) is 15.0. The van der Waals surface area contributed by atoms with Crippen LogP contribution in [0.4, 0.5) is 0 Å². The first-order valence-electron chi connectivity index (χ1n) is 6.79. The van der Waals surface area contributed by atoms with E-state index >= 15 is 0 Å². The zero-order valence-electron chi connectivity index (χ0n) is 12.4. The SMILES string of the molecule is Cc1ccc(OCC(C)(C)CNCC(C)C)cc1. The van der Waals surface area contributed by atoms with Gasteiger partial charge in [-0.2, -0.15) is 0 Å². The number of rotatable bonds is 7. The van der Waals surface area contributed by atoms with Gasteiger partial charge in [-0.1, -0.05) is 45.4 Å². The van der Waals surface area contributed by atoms with Gasteiger partial charge in [0, 0.05) is 12.0 Å². The molecule has 1 rings (SSSR count). The fourth-order valence-electron chi connectivity index (χ4n) is 1.66. The molecule has 0 aliphatic carbocycles. The molecule has 0 heterocycles. The van der Waals surface area contributed by atoms with E-state index in [0.29, 0.717) is 5.92 Å². The molecule has 18 heavy (non-hydrogen) atoms. The van der Waals surface area contributed by atoms with Crippen LogP contribution in [0.25, 0.3) is 0 Å². The van der Waals surface area contributed by atoms with Gasteiger partial charge < -0.3 is 10.1 Å². The van der Waals surface area contributed by atoms with Crippen LogP contribution in [0.2, 0.25) is 0 Å². The van der Waals surface area contributed by atoms with Crippen LogP contribution >= 0.6 is 0 Å². The third-order valence-electron chi connectivity index (χ3n) is 2.81. The van der Waals surface area contributed by atoms with Gasteiger partial charge in [0.2, 0.25) is 0 Å². The van der Waals surface area contributed by atoms with E-state index in [1.54, 1.807) is 0 Å². The highest BCUT2D eigenvalue weighted by molar-refractivity contribution is 5.26. The summed E-state index contributed by atoms with van der Waals surface area (Å²) >= 11 is 0. The summed E-state index contributed by atoms with van der Waals surface area (Å²) in [6.45, 7) is 13.8. The van der Waals surface area contributed by atoms with Gasteiger partial charge in [0.25, 0.3) is 0 Å². The van der Waals surface area contributed by atoms with Crippen molar-refractivity contribution in [1.29, 1.82) is 0 Å². The maximum atomic E-state index is 5.84. The summed E-state index contributed by atoms with van der Waals surface area (Å²) in [4.78, 5) is 0. The van der Waals surface area contributed by atoms with Crippen molar-refractivity contribution in [1.82, 2.24) is 5.32 Å². The average molecular weight is 249 g/mol. The summed E-state index contributed by atoms with van der Waals surface area (Å²) in [5, 5.41) is 3.49. The Labute approximate surface area is 112 Å². The smallest absolute Gasteiger partial charge is 0.119 e. The van der Waals surface area contributed by atoms with Crippen molar-refractivity contribution in [3.8, 4) is 5.75 Å². The fourth-order valence-corrected chi connectivity index (χ4v) is 1.66. The minimum atomic E-state index is 0.153. The van der Waals surface area contributed by atoms with Crippen molar-refractivity contribution >= 4 is 0 Å². The molecule has 102 valence electrons. The summed E-state index contributed by atoms with van der Waals surface area (Å²) in [6, 6.07) is 8.23. The van der Waals surface area contributed by atoms with Gasteiger partial charge in [0.15, 0.2) is 0 Å². The number of benzene rings is 1. The highest BCUT2D eigenvalue weighted by Crippen LogP contribution is 2.18. The minimum absolute atomic E-state index is 0.153. The predicted molar refractivity (Wildman–Crippen MR) is 78.2 cm³/mol. The summed E-state index contributed by atoms with van der Waals surface area (Å²) in [6.07, 6.45) is 0. The van der Waals surface area contributed by atoms with Crippen molar-refractivity contribution in [2.24, 2.45) is 11.3 Å². The monoisotopic (exact) mass is 249 g/mol. The molecule has 0 amide bonds. The van der Waals surface area contributed by atoms with Crippen LogP contribution in [-0.4, -0.2) is 19.7 Å². The van der Waals surface area contributed by atoms with Crippen molar-refractivity contribution in [2.45, 2.75) is 34.6 Å². The Hall–Kier alpha value is -1.02. The van der Waals surface area contributed by atoms with Crippen LogP contribution in [-0.2, 0) is 0 Å². The first-order valence-corrected chi connectivity index (χ1v) is 6.79. The number of hydrogen-bond acceptors (Lipinski definition) is 2. The molecule has 0 spiro atoms. The van der Waals surface area contributed by atoms with Crippen molar-refractivity contribution < 1.29 is 4.74 Å². The second-order valence-corrected chi connectivity index (χ2v) is 6.29. The molecule has 0 aliphatic heterocycles. The Balaban J connectivity index is 2.34. The van der Waals surface area contributed by atoms with E-state index < -0.39 is 0 Å². The Morgan fingerprint density at radius 3 is 2.33 bits per heavy atom. The van der Waals surface area contributed by atoms with E-state index in [2.05, 4.69) is 52.1 Å². The van der Waals surface area contributed by atoms with Gasteiger partial charge in [-0.15, -0.1) is 0 Å². The van der Waals surface area contributed by atoms with E-state index in [4.69, 9.17) is 4.74 Å². The lowest BCUT2D eigenvalue weighted by molar-refractivity contribution is 0.175. The van der Waals surface area contributed by atoms with E-state index in [1.807, 2.05) is 12.1 Å². The molecule has 1 aromatic rings. The van der Waals surface area contributed by atoms with E-state index in [9.17, 15) is 0 Å². The molecule has 1 aromatic carbocycles. The molecular formula is C16H27NO. The molecule has 0 aromatic heterocycles. The van der Waals surface area contributed by atoms with Crippen LogP contribution in [0.3, 0.4) is 0 Å². The van der Waals surface area contributed by atoms with Crippen LogP contribution in [0.15, 0.2) is 24.3 Å². The number of ether oxygens (including phenoxy) is 1. The van der Waals surface area contributed by atoms with Gasteiger partial charge in [-0.25, -0.2) is 0 Å². The van der Waals surface area contributed by atoms with Gasteiger partial charge in [-0.3, -0.25) is 0 Å². The minimum Gasteiger partial charge on any atom is -0.493 e. The van der Waals surface area contributed by atoms with Crippen molar-refractivity contribution in [2.75, 3.05) is 19.7 Å². The topological polar surface area (TPSA) is 21.3 Å². The molecule has 0 radical (unpaired) electrons. The van der Waals surface area contributed by atoms with E-state index in [0.717, 1.165) is 25.4 Å². The zero-order valence-corrected chi connectivity index (χ0v) is 12.4. The molecular weight excluding hydrogens is 222 g/mol. The fraction of sp³-hybridized carbons (Fsp3) is 0.625. The van der Waals surface area contributed by atoms with E-state index in [1.165, 1.54) is 5.56 Å². The molecule has 1 N–H and O–H groups in total. The summed E-state index contributed by atoms with van der Waals surface area (Å²) in [5.41, 5.74) is 1.42. The van der Waals surface area contributed by atoms with Crippen molar-refractivity contribution in [3.05, 3.63) is 29.8 Å². The van der Waals surface area contributed by atoms with Gasteiger partial charge in [0.1, 0.15) is 5.75 Å². The van der Waals surface area contributed by atoms with Gasteiger partial charge in [-0.05, 0) is 31.5 Å². The molecule has 0 saturated heterocycles. The Kier molecular flexibility index (Phi) is 5.67. The lowest BCUT2D eigenvalue weighted by atomic mass is 9.94. The maximum Gasteiger partial charge on any atom is 0.119 e. The molecule has 0 fully saturated rings. The third-order valence-corrected chi connectivity index (χ3v) is 2.81. The standard InChI is InChI=1S/C16H27NO/c1-13(2)10-17-11-16(4,5)12-18-15-8-6-14(3)7-9-15/h6-9,13,17H,10-12H2,1-5H3. The molecule has 0 atom stereocenters. The maximum absolute atomic E-state index is 5.84. The second-order valence-electron chi connectivity index (χ2n) is 6.29. The summed E-state index contributed by atoms with van der Waals surface area (Å²) in [5.74, 6) is 1.65. The summed E-state index contributed by atoms with van der Waals surface area (Å²) in [7, 11) is 0. The predicted octanol–water partition coefficient (Wildman–Crippen LogP) is 3.65. The van der Waals surface area contributed by atoms with Crippen LogP contribution < -0.4 is 10.1 Å². The molecule has 0 aliphatic rings. The quantitative estimate of drug-likeness (QED) is 0.796. The number of nitrogens with one attached hydrogen (secondary N) is 1. The second kappa shape index (κ2) is 6.79. The normalized spacial score (nSPS) is 11.9. The van der Waals surface area contributed by atoms with E-state index in [-0.39, 0.29) is 5.41 Å². The highest BCUT2D eigenvalue weighted by Gasteiger charge is 2.18. The Morgan fingerprint density at radius 2 is 1.78 bits per heavy atom.